The highest BCUT2D eigenvalue weighted by Gasteiger charge is 2.18. The first kappa shape index (κ1) is 22.8. The van der Waals surface area contributed by atoms with Gasteiger partial charge < -0.3 is 25.4 Å². The van der Waals surface area contributed by atoms with Crippen LogP contribution in [-0.4, -0.2) is 49.6 Å². The third-order valence-corrected chi connectivity index (χ3v) is 4.96. The molecule has 0 unspecified atom stereocenters. The lowest BCUT2D eigenvalue weighted by Crippen LogP contribution is -2.36. The summed E-state index contributed by atoms with van der Waals surface area (Å²) in [6.45, 7) is 0.152. The van der Waals surface area contributed by atoms with Crippen molar-refractivity contribution < 1.29 is 23.9 Å². The maximum Gasteiger partial charge on any atom is 0.257 e. The number of ether oxygens (including phenoxy) is 2. The monoisotopic (exact) mass is 460 g/mol. The molecule has 0 saturated carbocycles. The van der Waals surface area contributed by atoms with E-state index in [0.29, 0.717) is 34.1 Å². The van der Waals surface area contributed by atoms with Crippen molar-refractivity contribution >= 4 is 34.8 Å². The van der Waals surface area contributed by atoms with Gasteiger partial charge in [0.1, 0.15) is 0 Å². The zero-order valence-corrected chi connectivity index (χ0v) is 18.5. The van der Waals surface area contributed by atoms with Crippen molar-refractivity contribution in [3.8, 4) is 11.5 Å². The molecule has 1 aliphatic rings. The Labute approximate surface area is 196 Å². The smallest absolute Gasteiger partial charge is 0.257 e. The van der Waals surface area contributed by atoms with Gasteiger partial charge in [0, 0.05) is 17.4 Å². The van der Waals surface area contributed by atoms with Gasteiger partial charge in [0.15, 0.2) is 11.5 Å². The van der Waals surface area contributed by atoms with E-state index in [0.717, 1.165) is 0 Å². The van der Waals surface area contributed by atoms with E-state index in [-0.39, 0.29) is 37.6 Å². The number of nitrogens with zero attached hydrogens (tertiary/aromatic N) is 1. The van der Waals surface area contributed by atoms with Crippen LogP contribution in [0.15, 0.2) is 72.8 Å². The van der Waals surface area contributed by atoms with E-state index in [4.69, 9.17) is 9.47 Å². The summed E-state index contributed by atoms with van der Waals surface area (Å²) in [5.74, 6) is 0.208. The van der Waals surface area contributed by atoms with Gasteiger partial charge in [0.25, 0.3) is 5.91 Å². The number of benzene rings is 3. The Morgan fingerprint density at radius 3 is 2.24 bits per heavy atom. The minimum atomic E-state index is -0.384. The van der Waals surface area contributed by atoms with Crippen LogP contribution in [0.3, 0.4) is 0 Å². The van der Waals surface area contributed by atoms with Gasteiger partial charge in [-0.05, 0) is 43.4 Å². The fourth-order valence-electron chi connectivity index (χ4n) is 3.42. The zero-order chi connectivity index (χ0) is 23.9. The zero-order valence-electron chi connectivity index (χ0n) is 18.5. The first-order chi connectivity index (χ1) is 16.5. The summed E-state index contributed by atoms with van der Waals surface area (Å²) in [6, 6.07) is 20.9. The van der Waals surface area contributed by atoms with Crippen LogP contribution < -0.4 is 25.4 Å². The highest BCUT2D eigenvalue weighted by molar-refractivity contribution is 6.10. The van der Waals surface area contributed by atoms with Crippen molar-refractivity contribution in [1.82, 2.24) is 4.90 Å². The van der Waals surface area contributed by atoms with Crippen molar-refractivity contribution in [2.24, 2.45) is 0 Å². The Hall–Kier alpha value is -4.37. The molecular weight excluding hydrogens is 436 g/mol. The van der Waals surface area contributed by atoms with E-state index in [1.165, 1.54) is 0 Å². The highest BCUT2D eigenvalue weighted by Crippen LogP contribution is 2.34. The molecule has 3 amide bonds. The number of fused-ring (bicyclic) bond motifs is 1. The molecule has 34 heavy (non-hydrogen) atoms. The molecule has 174 valence electrons. The Morgan fingerprint density at radius 1 is 0.765 bits per heavy atom. The molecule has 0 radical (unpaired) electrons. The van der Waals surface area contributed by atoms with Crippen LogP contribution in [0.2, 0.25) is 0 Å². The molecule has 3 N–H and O–H groups in total. The number of rotatable bonds is 8. The van der Waals surface area contributed by atoms with Gasteiger partial charge in [-0.15, -0.1) is 0 Å². The summed E-state index contributed by atoms with van der Waals surface area (Å²) >= 11 is 0. The summed E-state index contributed by atoms with van der Waals surface area (Å²) in [7, 11) is 1.67. The Morgan fingerprint density at radius 2 is 1.44 bits per heavy atom. The van der Waals surface area contributed by atoms with Crippen molar-refractivity contribution in [2.45, 2.75) is 0 Å². The first-order valence-corrected chi connectivity index (χ1v) is 10.6. The normalized spacial score (nSPS) is 11.7. The second-order valence-electron chi connectivity index (χ2n) is 7.70. The largest absolute Gasteiger partial charge is 0.454 e. The summed E-state index contributed by atoms with van der Waals surface area (Å²) in [5, 5.41) is 8.33. The average Bonchev–Trinajstić information content (AvgIpc) is 3.27. The number of hydrogen-bond acceptors (Lipinski definition) is 6. The van der Waals surface area contributed by atoms with Crippen LogP contribution in [0.5, 0.6) is 11.5 Å². The first-order valence-electron chi connectivity index (χ1n) is 10.6. The number of likely N-dealkylation sites (N-methyl/N-ethyl adjacent to an activating group) is 1. The number of nitrogens with one attached hydrogen (secondary N) is 3. The van der Waals surface area contributed by atoms with Crippen molar-refractivity contribution in [2.75, 3.05) is 42.9 Å². The standard InChI is InChI=1S/C25H24N4O5/c1-29(14-23(30)26-17-7-3-2-4-8-17)15-24(31)28-20-10-6-5-9-19(20)25(32)27-18-11-12-21-22(13-18)34-16-33-21/h2-13H,14-16H2,1H3,(H,26,30)(H,27,32)(H,28,31). The average molecular weight is 460 g/mol. The number of carbonyl (C=O) groups excluding carboxylic acids is 3. The van der Waals surface area contributed by atoms with Gasteiger partial charge in [0.05, 0.1) is 24.3 Å². The molecule has 1 heterocycles. The van der Waals surface area contributed by atoms with Gasteiger partial charge in [-0.25, -0.2) is 0 Å². The fraction of sp³-hybridized carbons (Fsp3) is 0.160. The summed E-state index contributed by atoms with van der Waals surface area (Å²) in [6.07, 6.45) is 0. The Kier molecular flexibility index (Phi) is 7.04. The van der Waals surface area contributed by atoms with Crippen LogP contribution >= 0.6 is 0 Å². The van der Waals surface area contributed by atoms with E-state index in [9.17, 15) is 14.4 Å². The Bertz CT molecular complexity index is 1200. The van der Waals surface area contributed by atoms with E-state index in [1.54, 1.807) is 66.5 Å². The number of anilines is 3. The van der Waals surface area contributed by atoms with E-state index < -0.39 is 0 Å². The van der Waals surface area contributed by atoms with Crippen LogP contribution in [0.4, 0.5) is 17.1 Å². The lowest BCUT2D eigenvalue weighted by Gasteiger charge is -2.17. The molecule has 0 saturated heterocycles. The molecule has 0 spiro atoms. The lowest BCUT2D eigenvalue weighted by atomic mass is 10.1. The van der Waals surface area contributed by atoms with Crippen LogP contribution in [0, 0.1) is 0 Å². The summed E-state index contributed by atoms with van der Waals surface area (Å²) in [5.41, 5.74) is 1.90. The van der Waals surface area contributed by atoms with Gasteiger partial charge >= 0.3 is 0 Å². The molecule has 0 aliphatic carbocycles. The number of amides is 3. The van der Waals surface area contributed by atoms with Gasteiger partial charge in [-0.3, -0.25) is 19.3 Å². The topological polar surface area (TPSA) is 109 Å². The molecule has 9 nitrogen and oxygen atoms in total. The molecule has 0 fully saturated rings. The minimum Gasteiger partial charge on any atom is -0.454 e. The predicted molar refractivity (Wildman–Crippen MR) is 128 cm³/mol. The van der Waals surface area contributed by atoms with E-state index in [1.807, 2.05) is 18.2 Å². The molecule has 0 bridgehead atoms. The number of carbonyl (C=O) groups is 3. The van der Waals surface area contributed by atoms with Gasteiger partial charge in [-0.2, -0.15) is 0 Å². The maximum absolute atomic E-state index is 12.9. The van der Waals surface area contributed by atoms with E-state index >= 15 is 0 Å². The molecular formula is C25H24N4O5. The second kappa shape index (κ2) is 10.5. The molecule has 3 aromatic carbocycles. The molecule has 4 rings (SSSR count). The summed E-state index contributed by atoms with van der Waals surface area (Å²) < 4.78 is 10.6. The van der Waals surface area contributed by atoms with E-state index in [2.05, 4.69) is 16.0 Å². The molecule has 0 aromatic heterocycles. The number of hydrogen-bond donors (Lipinski definition) is 3. The van der Waals surface area contributed by atoms with Crippen molar-refractivity contribution in [3.05, 3.63) is 78.4 Å². The van der Waals surface area contributed by atoms with Crippen LogP contribution in [-0.2, 0) is 9.59 Å². The lowest BCUT2D eigenvalue weighted by molar-refractivity contribution is -0.119. The molecule has 9 heteroatoms. The molecule has 0 atom stereocenters. The third kappa shape index (κ3) is 5.90. The van der Waals surface area contributed by atoms with Gasteiger partial charge in [-0.1, -0.05) is 30.3 Å². The SMILES string of the molecule is CN(CC(=O)Nc1ccccc1)CC(=O)Nc1ccccc1C(=O)Nc1ccc2c(c1)OCO2. The number of para-hydroxylation sites is 2. The second-order valence-corrected chi connectivity index (χ2v) is 7.70. The van der Waals surface area contributed by atoms with Crippen molar-refractivity contribution in [1.29, 1.82) is 0 Å². The molecule has 1 aliphatic heterocycles. The Balaban J connectivity index is 1.33. The molecule has 3 aromatic rings. The van der Waals surface area contributed by atoms with Gasteiger partial charge in [0.2, 0.25) is 18.6 Å². The van der Waals surface area contributed by atoms with Crippen LogP contribution in [0.1, 0.15) is 10.4 Å². The summed E-state index contributed by atoms with van der Waals surface area (Å²) in [4.78, 5) is 39.2. The van der Waals surface area contributed by atoms with Crippen molar-refractivity contribution in [3.63, 3.8) is 0 Å². The van der Waals surface area contributed by atoms with Crippen LogP contribution in [0.25, 0.3) is 0 Å². The predicted octanol–water partition coefficient (Wildman–Crippen LogP) is 3.18. The third-order valence-electron chi connectivity index (χ3n) is 4.96. The quantitative estimate of drug-likeness (QED) is 0.477. The highest BCUT2D eigenvalue weighted by atomic mass is 16.7. The minimum absolute atomic E-state index is 0.0275. The fourth-order valence-corrected chi connectivity index (χ4v) is 3.42. The maximum atomic E-state index is 12.9.